The average molecular weight is 291 g/mol. The molecule has 21 heavy (non-hydrogen) atoms. The third-order valence-corrected chi connectivity index (χ3v) is 3.80. The lowest BCUT2D eigenvalue weighted by Gasteiger charge is -2.17. The Hall–Kier alpha value is -2.07. The Balaban J connectivity index is 1.84. The highest BCUT2D eigenvalue weighted by molar-refractivity contribution is 5.89. The van der Waals surface area contributed by atoms with Crippen LogP contribution in [0.5, 0.6) is 0 Å². The minimum absolute atomic E-state index is 0.365. The summed E-state index contributed by atoms with van der Waals surface area (Å²) in [6, 6.07) is 1.79. The number of hydrogen-bond acceptors (Lipinski definition) is 7. The largest absolute Gasteiger partial charge is 0.394 e. The standard InChI is InChI=1S/C12H13N5O4/c18-3-7-8(19)9(20)12(21-7)17-2-1-6-10(17)13-4-16-5-14-15-11(6)16/h1-2,4-5,7-9,12,18-20H,3H2/t7-,8-,9-,12-/m1/s1. The molecule has 1 saturated heterocycles. The van der Waals surface area contributed by atoms with E-state index in [1.54, 1.807) is 33.9 Å². The fourth-order valence-electron chi connectivity index (χ4n) is 2.70. The van der Waals surface area contributed by atoms with Crippen LogP contribution in [0.4, 0.5) is 0 Å². The molecule has 0 aliphatic carbocycles. The van der Waals surface area contributed by atoms with E-state index < -0.39 is 24.5 Å². The smallest absolute Gasteiger partial charge is 0.172 e. The molecule has 3 aromatic rings. The van der Waals surface area contributed by atoms with Crippen LogP contribution in [0.3, 0.4) is 0 Å². The summed E-state index contributed by atoms with van der Waals surface area (Å²) in [7, 11) is 0. The zero-order valence-electron chi connectivity index (χ0n) is 10.8. The number of fused-ring (bicyclic) bond motifs is 3. The highest BCUT2D eigenvalue weighted by Crippen LogP contribution is 2.32. The lowest BCUT2D eigenvalue weighted by Crippen LogP contribution is -2.33. The van der Waals surface area contributed by atoms with Crippen molar-refractivity contribution in [2.75, 3.05) is 6.61 Å². The first-order valence-corrected chi connectivity index (χ1v) is 6.48. The molecule has 0 saturated carbocycles. The van der Waals surface area contributed by atoms with E-state index in [1.807, 2.05) is 0 Å². The second kappa shape index (κ2) is 4.46. The predicted octanol–water partition coefficient (Wildman–Crippen LogP) is -1.31. The van der Waals surface area contributed by atoms with Crippen molar-refractivity contribution in [2.24, 2.45) is 0 Å². The van der Waals surface area contributed by atoms with Gasteiger partial charge in [-0.1, -0.05) is 0 Å². The van der Waals surface area contributed by atoms with E-state index in [0.29, 0.717) is 11.3 Å². The van der Waals surface area contributed by atoms with Crippen LogP contribution >= 0.6 is 0 Å². The third-order valence-electron chi connectivity index (χ3n) is 3.80. The maximum atomic E-state index is 10.1. The van der Waals surface area contributed by atoms with E-state index in [1.165, 1.54) is 0 Å². The van der Waals surface area contributed by atoms with Crippen molar-refractivity contribution in [3.63, 3.8) is 0 Å². The lowest BCUT2D eigenvalue weighted by molar-refractivity contribution is -0.0508. The molecule has 1 fully saturated rings. The SMILES string of the molecule is OC[C@H]1O[C@@H](n2ccc3c2ncn2cnnc32)[C@H](O)[C@@H]1O. The van der Waals surface area contributed by atoms with Crippen LogP contribution in [-0.2, 0) is 4.74 Å². The maximum absolute atomic E-state index is 10.1. The minimum atomic E-state index is -1.14. The first-order valence-electron chi connectivity index (χ1n) is 6.48. The Morgan fingerprint density at radius 1 is 1.19 bits per heavy atom. The summed E-state index contributed by atoms with van der Waals surface area (Å²) in [4.78, 5) is 4.31. The van der Waals surface area contributed by atoms with Gasteiger partial charge in [0, 0.05) is 6.20 Å². The fraction of sp³-hybridized carbons (Fsp3) is 0.417. The van der Waals surface area contributed by atoms with Crippen molar-refractivity contribution in [3.05, 3.63) is 24.9 Å². The van der Waals surface area contributed by atoms with Crippen molar-refractivity contribution in [1.29, 1.82) is 0 Å². The Morgan fingerprint density at radius 2 is 2.05 bits per heavy atom. The van der Waals surface area contributed by atoms with Gasteiger partial charge in [-0.15, -0.1) is 10.2 Å². The van der Waals surface area contributed by atoms with E-state index in [9.17, 15) is 10.2 Å². The average Bonchev–Trinajstić information content (AvgIpc) is 3.17. The molecule has 9 heteroatoms. The maximum Gasteiger partial charge on any atom is 0.172 e. The van der Waals surface area contributed by atoms with Crippen molar-refractivity contribution in [1.82, 2.24) is 24.1 Å². The van der Waals surface area contributed by atoms with E-state index in [2.05, 4.69) is 15.2 Å². The number of aliphatic hydroxyl groups excluding tert-OH is 3. The molecule has 3 aromatic heterocycles. The molecule has 110 valence electrons. The molecule has 4 heterocycles. The molecular formula is C12H13N5O4. The molecule has 0 aromatic carbocycles. The molecule has 0 spiro atoms. The number of nitrogens with zero attached hydrogens (tertiary/aromatic N) is 5. The van der Waals surface area contributed by atoms with Crippen LogP contribution < -0.4 is 0 Å². The summed E-state index contributed by atoms with van der Waals surface area (Å²) in [5.41, 5.74) is 1.20. The van der Waals surface area contributed by atoms with E-state index in [0.717, 1.165) is 5.39 Å². The second-order valence-corrected chi connectivity index (χ2v) is 5.00. The van der Waals surface area contributed by atoms with Gasteiger partial charge in [-0.25, -0.2) is 4.98 Å². The summed E-state index contributed by atoms with van der Waals surface area (Å²) in [6.45, 7) is -0.365. The van der Waals surface area contributed by atoms with Crippen molar-refractivity contribution in [2.45, 2.75) is 24.5 Å². The molecule has 4 rings (SSSR count). The summed E-state index contributed by atoms with van der Waals surface area (Å²) < 4.78 is 8.81. The Morgan fingerprint density at radius 3 is 2.81 bits per heavy atom. The zero-order chi connectivity index (χ0) is 14.6. The van der Waals surface area contributed by atoms with E-state index >= 15 is 0 Å². The minimum Gasteiger partial charge on any atom is -0.394 e. The second-order valence-electron chi connectivity index (χ2n) is 5.00. The quantitative estimate of drug-likeness (QED) is 0.536. The number of aliphatic hydroxyl groups is 3. The molecule has 0 radical (unpaired) electrons. The Labute approximate surface area is 118 Å². The Bertz CT molecular complexity index is 799. The molecule has 0 bridgehead atoms. The van der Waals surface area contributed by atoms with Gasteiger partial charge >= 0.3 is 0 Å². The van der Waals surface area contributed by atoms with Gasteiger partial charge in [0.05, 0.1) is 12.0 Å². The van der Waals surface area contributed by atoms with Crippen LogP contribution in [-0.4, -0.2) is 64.4 Å². The molecule has 1 aliphatic rings. The molecule has 4 atom stereocenters. The highest BCUT2D eigenvalue weighted by atomic mass is 16.6. The third kappa shape index (κ3) is 1.69. The van der Waals surface area contributed by atoms with E-state index in [-0.39, 0.29) is 6.61 Å². The first-order chi connectivity index (χ1) is 10.2. The zero-order valence-corrected chi connectivity index (χ0v) is 10.8. The van der Waals surface area contributed by atoms with Gasteiger partial charge < -0.3 is 24.6 Å². The van der Waals surface area contributed by atoms with Crippen LogP contribution in [0.2, 0.25) is 0 Å². The molecule has 0 amide bonds. The number of aromatic nitrogens is 5. The van der Waals surface area contributed by atoms with Gasteiger partial charge in [0.2, 0.25) is 0 Å². The van der Waals surface area contributed by atoms with Crippen LogP contribution in [0.1, 0.15) is 6.23 Å². The number of rotatable bonds is 2. The van der Waals surface area contributed by atoms with Gasteiger partial charge in [-0.05, 0) is 6.07 Å². The fourth-order valence-corrected chi connectivity index (χ4v) is 2.70. The monoisotopic (exact) mass is 291 g/mol. The molecule has 9 nitrogen and oxygen atoms in total. The van der Waals surface area contributed by atoms with E-state index in [4.69, 9.17) is 9.84 Å². The number of hydrogen-bond donors (Lipinski definition) is 3. The Kier molecular flexibility index (Phi) is 2.69. The van der Waals surface area contributed by atoms with Gasteiger partial charge in [0.1, 0.15) is 36.6 Å². The van der Waals surface area contributed by atoms with Gasteiger partial charge in [0.15, 0.2) is 11.9 Å². The van der Waals surface area contributed by atoms with Crippen LogP contribution in [0.15, 0.2) is 24.9 Å². The van der Waals surface area contributed by atoms with Crippen molar-refractivity contribution >= 4 is 16.7 Å². The predicted molar refractivity (Wildman–Crippen MR) is 69.3 cm³/mol. The topological polar surface area (TPSA) is 118 Å². The summed E-state index contributed by atoms with van der Waals surface area (Å²) in [5.74, 6) is 0. The van der Waals surface area contributed by atoms with Crippen molar-refractivity contribution < 1.29 is 20.1 Å². The highest BCUT2D eigenvalue weighted by Gasteiger charge is 2.43. The van der Waals surface area contributed by atoms with Gasteiger partial charge in [0.25, 0.3) is 0 Å². The molecule has 0 unspecified atom stereocenters. The first kappa shape index (κ1) is 12.7. The summed E-state index contributed by atoms with van der Waals surface area (Å²) in [6.07, 6.45) is 0.892. The molecule has 3 N–H and O–H groups in total. The van der Waals surface area contributed by atoms with Gasteiger partial charge in [-0.3, -0.25) is 4.40 Å². The van der Waals surface area contributed by atoms with Gasteiger partial charge in [-0.2, -0.15) is 0 Å². The lowest BCUT2D eigenvalue weighted by atomic mass is 10.1. The van der Waals surface area contributed by atoms with Crippen LogP contribution in [0.25, 0.3) is 16.7 Å². The summed E-state index contributed by atoms with van der Waals surface area (Å²) in [5, 5.41) is 37.7. The molecule has 1 aliphatic heterocycles. The number of ether oxygens (including phenoxy) is 1. The summed E-state index contributed by atoms with van der Waals surface area (Å²) >= 11 is 0. The normalized spacial score (nSPS) is 29.7. The van der Waals surface area contributed by atoms with Crippen LogP contribution in [0, 0.1) is 0 Å². The van der Waals surface area contributed by atoms with Crippen molar-refractivity contribution in [3.8, 4) is 0 Å². The molecular weight excluding hydrogens is 278 g/mol.